The molecular formula is C22H19F4NO4. The number of phenolic OH excluding ortho intramolecular Hbond substituents is 1. The van der Waals surface area contributed by atoms with Crippen molar-refractivity contribution in [1.29, 1.82) is 0 Å². The van der Waals surface area contributed by atoms with Crippen LogP contribution in [0, 0.1) is 17.7 Å². The molecule has 2 aromatic rings. The molecule has 2 rings (SSSR count). The van der Waals surface area contributed by atoms with Gasteiger partial charge in [-0.05, 0) is 50.2 Å². The quantitative estimate of drug-likeness (QED) is 0.437. The number of halogens is 4. The zero-order valence-corrected chi connectivity index (χ0v) is 16.7. The van der Waals surface area contributed by atoms with Crippen LogP contribution >= 0.6 is 0 Å². The molecule has 1 N–H and O–H groups in total. The summed E-state index contributed by atoms with van der Waals surface area (Å²) in [5.41, 5.74) is -2.01. The number of phenols is 1. The van der Waals surface area contributed by atoms with Crippen molar-refractivity contribution in [2.75, 3.05) is 19.7 Å². The molecule has 0 aliphatic rings. The summed E-state index contributed by atoms with van der Waals surface area (Å²) in [7, 11) is 0. The Kier molecular flexibility index (Phi) is 7.64. The summed E-state index contributed by atoms with van der Waals surface area (Å²) in [5, 5.41) is 9.27. The lowest BCUT2D eigenvalue weighted by atomic mass is 10.1. The van der Waals surface area contributed by atoms with E-state index in [0.29, 0.717) is 19.2 Å². The highest BCUT2D eigenvalue weighted by Crippen LogP contribution is 2.33. The van der Waals surface area contributed by atoms with Gasteiger partial charge in [-0.3, -0.25) is 4.79 Å². The van der Waals surface area contributed by atoms with Crippen molar-refractivity contribution in [2.45, 2.75) is 20.0 Å². The lowest BCUT2D eigenvalue weighted by molar-refractivity contribution is -0.138. The van der Waals surface area contributed by atoms with Crippen LogP contribution in [-0.4, -0.2) is 41.6 Å². The summed E-state index contributed by atoms with van der Waals surface area (Å²) in [6, 6.07) is 5.68. The van der Waals surface area contributed by atoms with Crippen molar-refractivity contribution >= 4 is 11.9 Å². The number of esters is 1. The number of aromatic hydroxyl groups is 1. The molecule has 0 aliphatic carbocycles. The molecule has 0 fully saturated rings. The van der Waals surface area contributed by atoms with Crippen molar-refractivity contribution < 1.29 is 37.0 Å². The van der Waals surface area contributed by atoms with Crippen LogP contribution in [0.1, 0.15) is 40.9 Å². The Morgan fingerprint density at radius 1 is 1.03 bits per heavy atom. The molecule has 0 aliphatic heterocycles. The molecule has 0 heterocycles. The molecule has 0 unspecified atom stereocenters. The van der Waals surface area contributed by atoms with Crippen LogP contribution in [0.4, 0.5) is 17.6 Å². The van der Waals surface area contributed by atoms with Crippen molar-refractivity contribution in [3.63, 3.8) is 0 Å². The number of alkyl halides is 3. The Morgan fingerprint density at radius 2 is 1.65 bits per heavy atom. The average Bonchev–Trinajstić information content (AvgIpc) is 2.72. The molecule has 0 aromatic heterocycles. The first-order valence-corrected chi connectivity index (χ1v) is 9.23. The molecule has 0 radical (unpaired) electrons. The Hall–Kier alpha value is -3.54. The van der Waals surface area contributed by atoms with Crippen molar-refractivity contribution in [2.24, 2.45) is 0 Å². The summed E-state index contributed by atoms with van der Waals surface area (Å²) in [4.78, 5) is 25.4. The predicted molar refractivity (Wildman–Crippen MR) is 104 cm³/mol. The fourth-order valence-electron chi connectivity index (χ4n) is 2.63. The minimum Gasteiger partial charge on any atom is -0.508 e. The second-order valence-electron chi connectivity index (χ2n) is 6.31. The number of benzene rings is 2. The highest BCUT2D eigenvalue weighted by atomic mass is 19.4. The van der Waals surface area contributed by atoms with Crippen LogP contribution in [0.3, 0.4) is 0 Å². The Balaban J connectivity index is 2.18. The van der Waals surface area contributed by atoms with Gasteiger partial charge in [0.2, 0.25) is 0 Å². The Morgan fingerprint density at radius 3 is 2.23 bits per heavy atom. The van der Waals surface area contributed by atoms with Gasteiger partial charge in [-0.25, -0.2) is 9.18 Å². The van der Waals surface area contributed by atoms with E-state index in [0.717, 1.165) is 24.3 Å². The van der Waals surface area contributed by atoms with Crippen LogP contribution in [0.15, 0.2) is 36.4 Å². The number of carbonyl (C=O) groups excluding carboxylic acids is 2. The molecule has 5 nitrogen and oxygen atoms in total. The van der Waals surface area contributed by atoms with Crippen LogP contribution in [0.25, 0.3) is 0 Å². The monoisotopic (exact) mass is 437 g/mol. The first-order chi connectivity index (χ1) is 14.6. The lowest BCUT2D eigenvalue weighted by Crippen LogP contribution is -2.34. The Labute approximate surface area is 176 Å². The molecule has 0 bridgehead atoms. The molecule has 0 saturated heterocycles. The second kappa shape index (κ2) is 9.98. The number of carbonyl (C=O) groups is 2. The smallest absolute Gasteiger partial charge is 0.417 e. The van der Waals surface area contributed by atoms with Crippen molar-refractivity contribution in [3.05, 3.63) is 64.5 Å². The van der Waals surface area contributed by atoms with E-state index in [-0.39, 0.29) is 11.1 Å². The van der Waals surface area contributed by atoms with E-state index in [4.69, 9.17) is 4.74 Å². The van der Waals surface area contributed by atoms with Gasteiger partial charge in [-0.15, -0.1) is 0 Å². The third-order valence-electron chi connectivity index (χ3n) is 4.29. The third-order valence-corrected chi connectivity index (χ3v) is 4.29. The van der Waals surface area contributed by atoms with E-state index < -0.39 is 47.4 Å². The van der Waals surface area contributed by atoms with Gasteiger partial charge in [0.15, 0.2) is 6.61 Å². The maximum atomic E-state index is 14.3. The van der Waals surface area contributed by atoms with Crippen LogP contribution in [-0.2, 0) is 15.7 Å². The number of likely N-dealkylation sites (N-methyl/N-ethyl adjacent to an activating group) is 1. The summed E-state index contributed by atoms with van der Waals surface area (Å²) in [5.74, 6) is 1.69. The van der Waals surface area contributed by atoms with Crippen LogP contribution in [0.5, 0.6) is 5.75 Å². The van der Waals surface area contributed by atoms with Gasteiger partial charge in [0.1, 0.15) is 11.6 Å². The lowest BCUT2D eigenvalue weighted by Gasteiger charge is -2.18. The van der Waals surface area contributed by atoms with E-state index >= 15 is 0 Å². The molecule has 0 spiro atoms. The minimum atomic E-state index is -4.75. The number of amides is 1. The highest BCUT2D eigenvalue weighted by Gasteiger charge is 2.33. The van der Waals surface area contributed by atoms with E-state index in [2.05, 4.69) is 11.8 Å². The SMILES string of the molecule is CCN(CC)C(=O)COC(=O)c1ccc(C#Cc2ccc(O)cc2C(F)(F)F)c(F)c1. The molecule has 164 valence electrons. The van der Waals surface area contributed by atoms with E-state index in [1.807, 2.05) is 0 Å². The van der Waals surface area contributed by atoms with Gasteiger partial charge in [0.05, 0.1) is 16.7 Å². The van der Waals surface area contributed by atoms with Gasteiger partial charge in [0, 0.05) is 18.7 Å². The minimum absolute atomic E-state index is 0.170. The zero-order chi connectivity index (χ0) is 23.2. The first-order valence-electron chi connectivity index (χ1n) is 9.23. The van der Waals surface area contributed by atoms with Gasteiger partial charge >= 0.3 is 12.1 Å². The van der Waals surface area contributed by atoms with E-state index in [1.165, 1.54) is 11.0 Å². The average molecular weight is 437 g/mol. The van der Waals surface area contributed by atoms with Gasteiger partial charge in [0.25, 0.3) is 5.91 Å². The molecule has 31 heavy (non-hydrogen) atoms. The number of hydrogen-bond acceptors (Lipinski definition) is 4. The van der Waals surface area contributed by atoms with E-state index in [9.17, 15) is 32.3 Å². The van der Waals surface area contributed by atoms with Crippen molar-refractivity contribution in [1.82, 2.24) is 4.90 Å². The standard InChI is InChI=1S/C22H19F4NO4/c1-3-27(4-2)20(29)13-31-21(30)16-8-7-15(19(23)11-16)6-5-14-9-10-17(28)12-18(14)22(24,25)26/h7-12,28H,3-4,13H2,1-2H3. The number of nitrogens with zero attached hydrogens (tertiary/aromatic N) is 1. The largest absolute Gasteiger partial charge is 0.508 e. The third kappa shape index (κ3) is 6.22. The maximum Gasteiger partial charge on any atom is 0.417 e. The summed E-state index contributed by atoms with van der Waals surface area (Å²) >= 11 is 0. The summed E-state index contributed by atoms with van der Waals surface area (Å²) in [6.45, 7) is 3.95. The molecule has 0 atom stereocenters. The van der Waals surface area contributed by atoms with Crippen LogP contribution < -0.4 is 0 Å². The summed E-state index contributed by atoms with van der Waals surface area (Å²) in [6.07, 6.45) is -4.75. The van der Waals surface area contributed by atoms with Gasteiger partial charge < -0.3 is 14.7 Å². The highest BCUT2D eigenvalue weighted by molar-refractivity contribution is 5.91. The fraction of sp³-hybridized carbons (Fsp3) is 0.273. The number of ether oxygens (including phenoxy) is 1. The molecule has 0 saturated carbocycles. The fourth-order valence-corrected chi connectivity index (χ4v) is 2.63. The molecular weight excluding hydrogens is 418 g/mol. The molecule has 9 heteroatoms. The van der Waals surface area contributed by atoms with Gasteiger partial charge in [-0.2, -0.15) is 13.2 Å². The topological polar surface area (TPSA) is 66.8 Å². The van der Waals surface area contributed by atoms with E-state index in [1.54, 1.807) is 13.8 Å². The zero-order valence-electron chi connectivity index (χ0n) is 16.7. The van der Waals surface area contributed by atoms with Crippen molar-refractivity contribution in [3.8, 4) is 17.6 Å². The van der Waals surface area contributed by atoms with Crippen LogP contribution in [0.2, 0.25) is 0 Å². The predicted octanol–water partition coefficient (Wildman–Crippen LogP) is 3.98. The Bertz CT molecular complexity index is 1030. The van der Waals surface area contributed by atoms with Gasteiger partial charge in [-0.1, -0.05) is 11.8 Å². The number of rotatable bonds is 5. The normalized spacial score (nSPS) is 10.8. The molecule has 1 amide bonds. The maximum absolute atomic E-state index is 14.3. The molecule has 2 aromatic carbocycles. The first kappa shape index (κ1) is 23.7. The second-order valence-corrected chi connectivity index (χ2v) is 6.31. The number of hydrogen-bond donors (Lipinski definition) is 1. The summed E-state index contributed by atoms with van der Waals surface area (Å²) < 4.78 is 58.4.